The second-order valence-corrected chi connectivity index (χ2v) is 6.86. The van der Waals surface area contributed by atoms with Crippen molar-refractivity contribution in [2.45, 2.75) is 39.2 Å². The van der Waals surface area contributed by atoms with Crippen molar-refractivity contribution >= 4 is 15.9 Å². The van der Waals surface area contributed by atoms with E-state index < -0.39 is 0 Å². The number of benzene rings is 1. The van der Waals surface area contributed by atoms with Gasteiger partial charge in [-0.3, -0.25) is 0 Å². The molecular weight excluding hydrogens is 293 g/mol. The average molecular weight is 312 g/mol. The van der Waals surface area contributed by atoms with Crippen molar-refractivity contribution in [3.05, 3.63) is 45.7 Å². The van der Waals surface area contributed by atoms with Gasteiger partial charge in [-0.05, 0) is 48.4 Å². The normalized spacial score (nSPS) is 22.7. The van der Waals surface area contributed by atoms with Crippen LogP contribution in [-0.4, -0.2) is 6.04 Å². The maximum absolute atomic E-state index is 13.7. The average Bonchev–Trinajstić information content (AvgIpc) is 2.20. The first-order valence-corrected chi connectivity index (χ1v) is 7.04. The summed E-state index contributed by atoms with van der Waals surface area (Å²) in [4.78, 5) is 0. The Hall–Kier alpha value is -0.670. The molecule has 1 aromatic rings. The highest BCUT2D eigenvalue weighted by Gasteiger charge is 2.27. The summed E-state index contributed by atoms with van der Waals surface area (Å²) in [5.41, 5.74) is 8.24. The second-order valence-electron chi connectivity index (χ2n) is 5.95. The summed E-state index contributed by atoms with van der Waals surface area (Å²) >= 11 is 3.38. The Labute approximate surface area is 116 Å². The van der Waals surface area contributed by atoms with Gasteiger partial charge >= 0.3 is 0 Å². The molecular formula is C15H19BrFN. The molecule has 0 saturated carbocycles. The third-order valence-electron chi connectivity index (χ3n) is 3.37. The highest BCUT2D eigenvalue weighted by Crippen LogP contribution is 2.36. The van der Waals surface area contributed by atoms with Crippen molar-refractivity contribution in [1.82, 2.24) is 0 Å². The summed E-state index contributed by atoms with van der Waals surface area (Å²) in [5, 5.41) is 0. The summed E-state index contributed by atoms with van der Waals surface area (Å²) in [6, 6.07) is 5.18. The van der Waals surface area contributed by atoms with Crippen LogP contribution < -0.4 is 5.73 Å². The summed E-state index contributed by atoms with van der Waals surface area (Å²) in [5.74, 6) is -0.143. The van der Waals surface area contributed by atoms with E-state index in [0.29, 0.717) is 6.42 Å². The van der Waals surface area contributed by atoms with Crippen LogP contribution in [-0.2, 0) is 6.42 Å². The minimum atomic E-state index is -0.143. The molecule has 18 heavy (non-hydrogen) atoms. The number of hydrogen-bond acceptors (Lipinski definition) is 1. The molecule has 1 atom stereocenters. The molecule has 98 valence electrons. The van der Waals surface area contributed by atoms with Crippen LogP contribution >= 0.6 is 15.9 Å². The van der Waals surface area contributed by atoms with Crippen molar-refractivity contribution in [3.8, 4) is 0 Å². The molecule has 1 aromatic carbocycles. The lowest BCUT2D eigenvalue weighted by Gasteiger charge is -2.33. The molecule has 2 N–H and O–H groups in total. The van der Waals surface area contributed by atoms with Crippen LogP contribution in [0.4, 0.5) is 4.39 Å². The minimum Gasteiger partial charge on any atom is -0.324 e. The van der Waals surface area contributed by atoms with E-state index in [1.165, 1.54) is 11.6 Å². The van der Waals surface area contributed by atoms with Gasteiger partial charge in [-0.25, -0.2) is 4.39 Å². The Kier molecular flexibility index (Phi) is 3.93. The Bertz CT molecular complexity index is 479. The maximum atomic E-state index is 13.7. The number of hydrogen-bond donors (Lipinski definition) is 1. The van der Waals surface area contributed by atoms with E-state index in [2.05, 4.69) is 35.9 Å². The Balaban J connectivity index is 2.21. The largest absolute Gasteiger partial charge is 0.324 e. The summed E-state index contributed by atoms with van der Waals surface area (Å²) < 4.78 is 14.7. The predicted molar refractivity (Wildman–Crippen MR) is 76.9 cm³/mol. The molecule has 1 nitrogen and oxygen atoms in total. The zero-order valence-corrected chi connectivity index (χ0v) is 12.4. The van der Waals surface area contributed by atoms with E-state index in [4.69, 9.17) is 5.73 Å². The lowest BCUT2D eigenvalue weighted by molar-refractivity contribution is 0.299. The third-order valence-corrected chi connectivity index (χ3v) is 3.86. The molecule has 3 heteroatoms. The molecule has 0 heterocycles. The summed E-state index contributed by atoms with van der Waals surface area (Å²) in [6.07, 6.45) is 4.75. The van der Waals surface area contributed by atoms with Crippen LogP contribution in [0.25, 0.3) is 0 Å². The first-order valence-electron chi connectivity index (χ1n) is 6.25. The van der Waals surface area contributed by atoms with Crippen LogP contribution in [0.2, 0.25) is 0 Å². The second kappa shape index (κ2) is 5.14. The first-order chi connectivity index (χ1) is 8.35. The van der Waals surface area contributed by atoms with Gasteiger partial charge in [0.1, 0.15) is 5.82 Å². The molecule has 1 aliphatic rings. The van der Waals surface area contributed by atoms with E-state index in [-0.39, 0.29) is 17.3 Å². The summed E-state index contributed by atoms with van der Waals surface area (Å²) in [7, 11) is 0. The van der Waals surface area contributed by atoms with Crippen molar-refractivity contribution in [1.29, 1.82) is 0 Å². The van der Waals surface area contributed by atoms with Crippen LogP contribution in [0, 0.1) is 11.2 Å². The van der Waals surface area contributed by atoms with E-state index in [1.807, 2.05) is 6.07 Å². The third kappa shape index (κ3) is 3.42. The van der Waals surface area contributed by atoms with Gasteiger partial charge in [0.15, 0.2) is 0 Å². The molecule has 0 aliphatic heterocycles. The van der Waals surface area contributed by atoms with E-state index in [9.17, 15) is 4.39 Å². The number of nitrogens with two attached hydrogens (primary N) is 1. The number of halogens is 2. The fourth-order valence-electron chi connectivity index (χ4n) is 2.79. The number of allylic oxidation sites excluding steroid dienone is 1. The molecule has 0 spiro atoms. The van der Waals surface area contributed by atoms with Crippen LogP contribution in [0.1, 0.15) is 32.3 Å². The maximum Gasteiger partial charge on any atom is 0.126 e. The molecule has 0 bridgehead atoms. The lowest BCUT2D eigenvalue weighted by atomic mass is 9.74. The molecule has 0 radical (unpaired) electrons. The van der Waals surface area contributed by atoms with E-state index in [1.54, 1.807) is 6.07 Å². The minimum absolute atomic E-state index is 0.0963. The molecule has 0 aromatic heterocycles. The zero-order chi connectivity index (χ0) is 13.3. The van der Waals surface area contributed by atoms with Crippen LogP contribution in [0.3, 0.4) is 0 Å². The monoisotopic (exact) mass is 311 g/mol. The van der Waals surface area contributed by atoms with Gasteiger partial charge in [0, 0.05) is 10.5 Å². The quantitative estimate of drug-likeness (QED) is 0.814. The van der Waals surface area contributed by atoms with Crippen molar-refractivity contribution in [2.75, 3.05) is 0 Å². The zero-order valence-electron chi connectivity index (χ0n) is 10.8. The Morgan fingerprint density at radius 2 is 2.17 bits per heavy atom. The van der Waals surface area contributed by atoms with Gasteiger partial charge in [0.05, 0.1) is 0 Å². The van der Waals surface area contributed by atoms with E-state index in [0.717, 1.165) is 22.9 Å². The van der Waals surface area contributed by atoms with Gasteiger partial charge in [-0.1, -0.05) is 41.4 Å². The predicted octanol–water partition coefficient (Wildman–Crippen LogP) is 4.20. The molecule has 1 aliphatic carbocycles. The standard InChI is InChI=1S/C15H19BrFN/c1-15(2)8-10(6-13(18)9-15)5-11-7-12(16)3-4-14(11)17/h3-4,6-7,13H,5,8-9,18H2,1-2H3. The highest BCUT2D eigenvalue weighted by molar-refractivity contribution is 9.10. The van der Waals surface area contributed by atoms with Crippen molar-refractivity contribution in [2.24, 2.45) is 11.1 Å². The fourth-order valence-corrected chi connectivity index (χ4v) is 3.20. The van der Waals surface area contributed by atoms with Crippen LogP contribution in [0.15, 0.2) is 34.3 Å². The highest BCUT2D eigenvalue weighted by atomic mass is 79.9. The smallest absolute Gasteiger partial charge is 0.126 e. The first kappa shape index (κ1) is 13.8. The van der Waals surface area contributed by atoms with Gasteiger partial charge in [-0.15, -0.1) is 0 Å². The van der Waals surface area contributed by atoms with Crippen LogP contribution in [0.5, 0.6) is 0 Å². The lowest BCUT2D eigenvalue weighted by Crippen LogP contribution is -2.31. The Morgan fingerprint density at radius 1 is 1.44 bits per heavy atom. The topological polar surface area (TPSA) is 26.0 Å². The molecule has 2 rings (SSSR count). The van der Waals surface area contributed by atoms with Gasteiger partial charge in [0.25, 0.3) is 0 Å². The SMILES string of the molecule is CC1(C)CC(Cc2cc(Br)ccc2F)=CC(N)C1. The summed E-state index contributed by atoms with van der Waals surface area (Å²) in [6.45, 7) is 4.44. The molecule has 1 unspecified atom stereocenters. The number of rotatable bonds is 2. The fraction of sp³-hybridized carbons (Fsp3) is 0.467. The van der Waals surface area contributed by atoms with Gasteiger partial charge in [0.2, 0.25) is 0 Å². The van der Waals surface area contributed by atoms with Gasteiger partial charge < -0.3 is 5.73 Å². The van der Waals surface area contributed by atoms with Gasteiger partial charge in [-0.2, -0.15) is 0 Å². The molecule has 0 fully saturated rings. The molecule has 0 amide bonds. The van der Waals surface area contributed by atoms with Crippen molar-refractivity contribution in [3.63, 3.8) is 0 Å². The molecule has 0 saturated heterocycles. The van der Waals surface area contributed by atoms with E-state index >= 15 is 0 Å². The Morgan fingerprint density at radius 3 is 2.83 bits per heavy atom. The van der Waals surface area contributed by atoms with Crippen molar-refractivity contribution < 1.29 is 4.39 Å².